The molecule has 0 bridgehead atoms. The second-order valence-electron chi connectivity index (χ2n) is 3.70. The Balaban J connectivity index is 2.78. The van der Waals surface area contributed by atoms with Gasteiger partial charge in [0, 0.05) is 5.69 Å². The maximum atomic E-state index is 11.6. The second kappa shape index (κ2) is 5.16. The van der Waals surface area contributed by atoms with Crippen molar-refractivity contribution in [1.82, 2.24) is 0 Å². The Morgan fingerprint density at radius 2 is 2.20 bits per heavy atom. The minimum Gasteiger partial charge on any atom is -0.462 e. The van der Waals surface area contributed by atoms with E-state index in [-0.39, 0.29) is 5.97 Å². The van der Waals surface area contributed by atoms with Gasteiger partial charge in [0.05, 0.1) is 16.6 Å². The lowest BCUT2D eigenvalue weighted by Crippen LogP contribution is -2.11. The standard InChI is InChI=1S/C11H14BrNO2/c1-7(2)6-15-11(14)8-4-3-5-9(13)10(8)12/h3-5,7H,6,13H2,1-2H3. The quantitative estimate of drug-likeness (QED) is 0.680. The van der Waals surface area contributed by atoms with Gasteiger partial charge in [-0.05, 0) is 34.0 Å². The van der Waals surface area contributed by atoms with Crippen LogP contribution in [-0.4, -0.2) is 12.6 Å². The van der Waals surface area contributed by atoms with E-state index in [0.29, 0.717) is 28.2 Å². The molecule has 2 N–H and O–H groups in total. The van der Waals surface area contributed by atoms with Gasteiger partial charge in [-0.3, -0.25) is 0 Å². The molecule has 0 aliphatic rings. The summed E-state index contributed by atoms with van der Waals surface area (Å²) in [5.74, 6) is -0.0170. The smallest absolute Gasteiger partial charge is 0.339 e. The van der Waals surface area contributed by atoms with Crippen LogP contribution in [0.4, 0.5) is 5.69 Å². The van der Waals surface area contributed by atoms with Crippen LogP contribution in [0.25, 0.3) is 0 Å². The lowest BCUT2D eigenvalue weighted by molar-refractivity contribution is 0.0458. The van der Waals surface area contributed by atoms with E-state index in [1.54, 1.807) is 18.2 Å². The molecule has 0 heterocycles. The summed E-state index contributed by atoms with van der Waals surface area (Å²) < 4.78 is 5.70. The van der Waals surface area contributed by atoms with E-state index in [2.05, 4.69) is 15.9 Å². The van der Waals surface area contributed by atoms with Crippen molar-refractivity contribution < 1.29 is 9.53 Å². The lowest BCUT2D eigenvalue weighted by atomic mass is 10.2. The minimum absolute atomic E-state index is 0.328. The normalized spacial score (nSPS) is 10.4. The Hall–Kier alpha value is -1.03. The molecular weight excluding hydrogens is 258 g/mol. The lowest BCUT2D eigenvalue weighted by Gasteiger charge is -2.09. The van der Waals surface area contributed by atoms with Crippen LogP contribution in [0.15, 0.2) is 22.7 Å². The summed E-state index contributed by atoms with van der Waals surface area (Å²) >= 11 is 3.26. The summed E-state index contributed by atoms with van der Waals surface area (Å²) in [4.78, 5) is 11.6. The molecule has 0 unspecified atom stereocenters. The van der Waals surface area contributed by atoms with Gasteiger partial charge in [-0.15, -0.1) is 0 Å². The minimum atomic E-state index is -0.345. The zero-order valence-electron chi connectivity index (χ0n) is 8.79. The highest BCUT2D eigenvalue weighted by Gasteiger charge is 2.13. The van der Waals surface area contributed by atoms with E-state index in [0.717, 1.165) is 0 Å². The molecule has 0 atom stereocenters. The molecule has 0 aliphatic heterocycles. The number of benzene rings is 1. The van der Waals surface area contributed by atoms with Crippen LogP contribution >= 0.6 is 15.9 Å². The van der Waals surface area contributed by atoms with E-state index in [1.165, 1.54) is 0 Å². The molecule has 3 nitrogen and oxygen atoms in total. The first-order valence-electron chi connectivity index (χ1n) is 4.73. The highest BCUT2D eigenvalue weighted by atomic mass is 79.9. The van der Waals surface area contributed by atoms with Gasteiger partial charge in [0.25, 0.3) is 0 Å². The van der Waals surface area contributed by atoms with Gasteiger partial charge < -0.3 is 10.5 Å². The van der Waals surface area contributed by atoms with Crippen LogP contribution < -0.4 is 5.73 Å². The van der Waals surface area contributed by atoms with Crippen LogP contribution in [0, 0.1) is 5.92 Å². The first-order valence-corrected chi connectivity index (χ1v) is 5.52. The number of carbonyl (C=O) groups is 1. The Labute approximate surface area is 97.7 Å². The molecule has 0 spiro atoms. The maximum Gasteiger partial charge on any atom is 0.339 e. The molecule has 1 aromatic carbocycles. The van der Waals surface area contributed by atoms with Crippen LogP contribution in [0.2, 0.25) is 0 Å². The topological polar surface area (TPSA) is 52.3 Å². The van der Waals surface area contributed by atoms with Crippen LogP contribution in [-0.2, 0) is 4.74 Å². The molecule has 1 rings (SSSR count). The van der Waals surface area contributed by atoms with Crippen molar-refractivity contribution in [2.45, 2.75) is 13.8 Å². The van der Waals surface area contributed by atoms with E-state index >= 15 is 0 Å². The fourth-order valence-electron chi connectivity index (χ4n) is 1.03. The van der Waals surface area contributed by atoms with Gasteiger partial charge in [0.2, 0.25) is 0 Å². The molecule has 0 aromatic heterocycles. The van der Waals surface area contributed by atoms with Crippen LogP contribution in [0.5, 0.6) is 0 Å². The fourth-order valence-corrected chi connectivity index (χ4v) is 1.45. The molecule has 0 radical (unpaired) electrons. The number of anilines is 1. The maximum absolute atomic E-state index is 11.6. The summed E-state index contributed by atoms with van der Waals surface area (Å²) in [5, 5.41) is 0. The predicted octanol–water partition coefficient (Wildman–Crippen LogP) is 2.84. The number of rotatable bonds is 3. The molecule has 0 fully saturated rings. The summed E-state index contributed by atoms with van der Waals surface area (Å²) in [6.45, 7) is 4.39. The third kappa shape index (κ3) is 3.23. The van der Waals surface area contributed by atoms with E-state index in [9.17, 15) is 4.79 Å². The molecule has 15 heavy (non-hydrogen) atoms. The van der Waals surface area contributed by atoms with E-state index in [1.807, 2.05) is 13.8 Å². The average Bonchev–Trinajstić information content (AvgIpc) is 2.18. The second-order valence-corrected chi connectivity index (χ2v) is 4.49. The molecular formula is C11H14BrNO2. The van der Waals surface area contributed by atoms with Gasteiger partial charge in [-0.1, -0.05) is 19.9 Å². The molecule has 0 saturated heterocycles. The van der Waals surface area contributed by atoms with E-state index in [4.69, 9.17) is 10.5 Å². The number of carbonyl (C=O) groups excluding carboxylic acids is 1. The van der Waals surface area contributed by atoms with Gasteiger partial charge in [0.15, 0.2) is 0 Å². The molecule has 1 aromatic rings. The number of halogens is 1. The zero-order chi connectivity index (χ0) is 11.4. The summed E-state index contributed by atoms with van der Waals surface area (Å²) in [6.07, 6.45) is 0. The Morgan fingerprint density at radius 3 is 2.80 bits per heavy atom. The van der Waals surface area contributed by atoms with Crippen molar-refractivity contribution in [2.75, 3.05) is 12.3 Å². The number of hydrogen-bond acceptors (Lipinski definition) is 3. The van der Waals surface area contributed by atoms with Crippen molar-refractivity contribution >= 4 is 27.6 Å². The van der Waals surface area contributed by atoms with Crippen LogP contribution in [0.3, 0.4) is 0 Å². The zero-order valence-corrected chi connectivity index (χ0v) is 10.4. The molecule has 82 valence electrons. The summed E-state index contributed by atoms with van der Waals surface area (Å²) in [5.41, 5.74) is 6.66. The van der Waals surface area contributed by atoms with Crippen molar-refractivity contribution in [1.29, 1.82) is 0 Å². The highest BCUT2D eigenvalue weighted by Crippen LogP contribution is 2.24. The average molecular weight is 272 g/mol. The third-order valence-corrected chi connectivity index (χ3v) is 2.68. The van der Waals surface area contributed by atoms with Crippen molar-refractivity contribution in [3.63, 3.8) is 0 Å². The fraction of sp³-hybridized carbons (Fsp3) is 0.364. The highest BCUT2D eigenvalue weighted by molar-refractivity contribution is 9.10. The van der Waals surface area contributed by atoms with Gasteiger partial charge in [-0.2, -0.15) is 0 Å². The van der Waals surface area contributed by atoms with Gasteiger partial charge in [-0.25, -0.2) is 4.79 Å². The number of nitrogens with two attached hydrogens (primary N) is 1. The Kier molecular flexibility index (Phi) is 4.15. The van der Waals surface area contributed by atoms with E-state index < -0.39 is 0 Å². The number of hydrogen-bond donors (Lipinski definition) is 1. The van der Waals surface area contributed by atoms with Crippen LogP contribution in [0.1, 0.15) is 24.2 Å². The molecule has 4 heteroatoms. The predicted molar refractivity (Wildman–Crippen MR) is 63.7 cm³/mol. The van der Waals surface area contributed by atoms with Crippen molar-refractivity contribution in [3.8, 4) is 0 Å². The summed E-state index contributed by atoms with van der Waals surface area (Å²) in [7, 11) is 0. The molecule has 0 saturated carbocycles. The number of ether oxygens (including phenoxy) is 1. The summed E-state index contributed by atoms with van der Waals surface area (Å²) in [6, 6.07) is 5.14. The first kappa shape index (κ1) is 12.0. The molecule has 0 amide bonds. The molecule has 0 aliphatic carbocycles. The SMILES string of the molecule is CC(C)COC(=O)c1cccc(N)c1Br. The Morgan fingerprint density at radius 1 is 1.53 bits per heavy atom. The van der Waals surface area contributed by atoms with Crippen molar-refractivity contribution in [3.05, 3.63) is 28.2 Å². The largest absolute Gasteiger partial charge is 0.462 e. The number of nitrogen functional groups attached to an aromatic ring is 1. The first-order chi connectivity index (χ1) is 7.02. The van der Waals surface area contributed by atoms with Crippen molar-refractivity contribution in [2.24, 2.45) is 5.92 Å². The van der Waals surface area contributed by atoms with Gasteiger partial charge >= 0.3 is 5.97 Å². The Bertz CT molecular complexity index is 364. The monoisotopic (exact) mass is 271 g/mol. The number of esters is 1. The third-order valence-electron chi connectivity index (χ3n) is 1.80. The van der Waals surface area contributed by atoms with Gasteiger partial charge in [0.1, 0.15) is 0 Å².